The fraction of sp³-hybridized carbons (Fsp3) is 0.421. The predicted molar refractivity (Wildman–Crippen MR) is 95.1 cm³/mol. The highest BCUT2D eigenvalue weighted by Gasteiger charge is 2.19. The molecule has 1 unspecified atom stereocenters. The molecule has 3 nitrogen and oxygen atoms in total. The molecule has 1 atom stereocenters. The normalized spacial score (nSPS) is 17.0. The van der Waals surface area contributed by atoms with E-state index in [-0.39, 0.29) is 0 Å². The van der Waals surface area contributed by atoms with Gasteiger partial charge in [-0.25, -0.2) is 4.98 Å². The molecule has 0 saturated carbocycles. The molecule has 1 aliphatic rings. The van der Waals surface area contributed by atoms with Crippen molar-refractivity contribution >= 4 is 11.6 Å². The summed E-state index contributed by atoms with van der Waals surface area (Å²) < 4.78 is 5.22. The maximum absolute atomic E-state index is 6.34. The van der Waals surface area contributed by atoms with Crippen molar-refractivity contribution in [2.75, 3.05) is 20.2 Å². The smallest absolute Gasteiger partial charge is 0.136 e. The molecule has 0 bridgehead atoms. The predicted octanol–water partition coefficient (Wildman–Crippen LogP) is 4.96. The number of hydrogen-bond donors (Lipinski definition) is 0. The molecular formula is C19H23ClN2O. The Bertz CT molecular complexity index is 651. The first kappa shape index (κ1) is 16.3. The molecule has 1 fully saturated rings. The van der Waals surface area contributed by atoms with Crippen LogP contribution in [0.25, 0.3) is 11.1 Å². The van der Waals surface area contributed by atoms with Crippen molar-refractivity contribution in [3.8, 4) is 16.9 Å². The average Bonchev–Trinajstić information content (AvgIpc) is 2.62. The maximum atomic E-state index is 6.34. The number of rotatable bonds is 4. The van der Waals surface area contributed by atoms with Crippen molar-refractivity contribution in [1.82, 2.24) is 9.88 Å². The summed E-state index contributed by atoms with van der Waals surface area (Å²) in [5, 5.41) is 0.546. The lowest BCUT2D eigenvalue weighted by Crippen LogP contribution is -2.32. The zero-order chi connectivity index (χ0) is 16.2. The maximum Gasteiger partial charge on any atom is 0.136 e. The Morgan fingerprint density at radius 2 is 1.83 bits per heavy atom. The van der Waals surface area contributed by atoms with Gasteiger partial charge in [0.2, 0.25) is 0 Å². The van der Waals surface area contributed by atoms with Gasteiger partial charge in [-0.15, -0.1) is 0 Å². The lowest BCUT2D eigenvalue weighted by Gasteiger charge is -2.32. The first-order valence-corrected chi connectivity index (χ1v) is 8.61. The molecular weight excluding hydrogens is 308 g/mol. The Morgan fingerprint density at radius 1 is 1.13 bits per heavy atom. The van der Waals surface area contributed by atoms with Crippen molar-refractivity contribution in [1.29, 1.82) is 0 Å². The molecule has 0 amide bonds. The van der Waals surface area contributed by atoms with Crippen LogP contribution in [-0.4, -0.2) is 30.1 Å². The Kier molecular flexibility index (Phi) is 5.19. The molecule has 0 N–H and O–H groups in total. The van der Waals surface area contributed by atoms with Crippen LogP contribution in [0.3, 0.4) is 0 Å². The molecule has 2 aromatic rings. The Labute approximate surface area is 143 Å². The second kappa shape index (κ2) is 7.33. The standard InChI is InChI=1S/C19H23ClN2O/c1-14(22-10-4-3-5-11-22)16-12-18(19(20)21-13-16)15-6-8-17(23-2)9-7-15/h6-9,12-14H,3-5,10-11H2,1-2H3. The highest BCUT2D eigenvalue weighted by molar-refractivity contribution is 6.32. The van der Waals surface area contributed by atoms with E-state index in [0.29, 0.717) is 11.2 Å². The van der Waals surface area contributed by atoms with Gasteiger partial charge in [0.25, 0.3) is 0 Å². The molecule has 1 aliphatic heterocycles. The SMILES string of the molecule is COc1ccc(-c2cc(C(C)N3CCCCC3)cnc2Cl)cc1. The zero-order valence-electron chi connectivity index (χ0n) is 13.8. The lowest BCUT2D eigenvalue weighted by atomic mass is 10.0. The molecule has 1 aromatic carbocycles. The third kappa shape index (κ3) is 3.67. The van der Waals surface area contributed by atoms with Crippen LogP contribution in [0.4, 0.5) is 0 Å². The van der Waals surface area contributed by atoms with E-state index < -0.39 is 0 Å². The fourth-order valence-corrected chi connectivity index (χ4v) is 3.39. The van der Waals surface area contributed by atoms with Crippen molar-refractivity contribution in [2.45, 2.75) is 32.2 Å². The third-order valence-electron chi connectivity index (χ3n) is 4.68. The first-order chi connectivity index (χ1) is 11.2. The third-order valence-corrected chi connectivity index (χ3v) is 4.98. The quantitative estimate of drug-likeness (QED) is 0.741. The van der Waals surface area contributed by atoms with Crippen LogP contribution in [0, 0.1) is 0 Å². The minimum Gasteiger partial charge on any atom is -0.497 e. The number of benzene rings is 1. The van der Waals surface area contributed by atoms with Gasteiger partial charge < -0.3 is 4.74 Å². The van der Waals surface area contributed by atoms with Crippen molar-refractivity contribution in [3.05, 3.63) is 47.2 Å². The van der Waals surface area contributed by atoms with Gasteiger partial charge in [0.05, 0.1) is 7.11 Å². The average molecular weight is 331 g/mol. The van der Waals surface area contributed by atoms with Crippen LogP contribution in [0.15, 0.2) is 36.5 Å². The minimum absolute atomic E-state index is 0.372. The Morgan fingerprint density at radius 3 is 2.48 bits per heavy atom. The Hall–Kier alpha value is -1.58. The van der Waals surface area contributed by atoms with E-state index in [1.807, 2.05) is 30.5 Å². The van der Waals surface area contributed by atoms with Gasteiger partial charge in [0, 0.05) is 17.8 Å². The number of piperidine rings is 1. The topological polar surface area (TPSA) is 25.4 Å². The fourth-order valence-electron chi connectivity index (χ4n) is 3.18. The summed E-state index contributed by atoms with van der Waals surface area (Å²) in [6.07, 6.45) is 5.83. The number of halogens is 1. The van der Waals surface area contributed by atoms with E-state index >= 15 is 0 Å². The number of likely N-dealkylation sites (tertiary alicyclic amines) is 1. The number of nitrogens with zero attached hydrogens (tertiary/aromatic N) is 2. The lowest BCUT2D eigenvalue weighted by molar-refractivity contribution is 0.174. The van der Waals surface area contributed by atoms with Crippen LogP contribution in [0.5, 0.6) is 5.75 Å². The van der Waals surface area contributed by atoms with Crippen molar-refractivity contribution in [2.24, 2.45) is 0 Å². The number of pyridine rings is 1. The highest BCUT2D eigenvalue weighted by atomic mass is 35.5. The second-order valence-electron chi connectivity index (χ2n) is 6.11. The monoisotopic (exact) mass is 330 g/mol. The van der Waals surface area contributed by atoms with Gasteiger partial charge in [-0.05, 0) is 62.2 Å². The molecule has 1 aromatic heterocycles. The summed E-state index contributed by atoms with van der Waals surface area (Å²) >= 11 is 6.34. The molecule has 3 rings (SSSR count). The number of ether oxygens (including phenoxy) is 1. The molecule has 0 spiro atoms. The summed E-state index contributed by atoms with van der Waals surface area (Å²) in [5.41, 5.74) is 3.27. The minimum atomic E-state index is 0.372. The van der Waals surface area contributed by atoms with Crippen molar-refractivity contribution < 1.29 is 4.74 Å². The van der Waals surface area contributed by atoms with Gasteiger partial charge in [-0.1, -0.05) is 30.2 Å². The van der Waals surface area contributed by atoms with Gasteiger partial charge >= 0.3 is 0 Å². The number of aromatic nitrogens is 1. The van der Waals surface area contributed by atoms with E-state index in [1.54, 1.807) is 7.11 Å². The molecule has 4 heteroatoms. The molecule has 122 valence electrons. The first-order valence-electron chi connectivity index (χ1n) is 8.23. The summed E-state index contributed by atoms with van der Waals surface area (Å²) in [4.78, 5) is 6.96. The molecule has 2 heterocycles. The molecule has 1 saturated heterocycles. The van der Waals surface area contributed by atoms with E-state index in [1.165, 1.54) is 37.9 Å². The van der Waals surface area contributed by atoms with E-state index in [2.05, 4.69) is 22.9 Å². The van der Waals surface area contributed by atoms with Crippen LogP contribution in [0.2, 0.25) is 5.15 Å². The molecule has 0 radical (unpaired) electrons. The van der Waals surface area contributed by atoms with Gasteiger partial charge in [0.15, 0.2) is 0 Å². The highest BCUT2D eigenvalue weighted by Crippen LogP contribution is 2.32. The number of methoxy groups -OCH3 is 1. The second-order valence-corrected chi connectivity index (χ2v) is 6.47. The van der Waals surface area contributed by atoms with Gasteiger partial charge in [-0.3, -0.25) is 4.90 Å². The van der Waals surface area contributed by atoms with Crippen LogP contribution in [-0.2, 0) is 0 Å². The van der Waals surface area contributed by atoms with Crippen LogP contribution >= 0.6 is 11.6 Å². The van der Waals surface area contributed by atoms with Gasteiger partial charge in [0.1, 0.15) is 10.9 Å². The largest absolute Gasteiger partial charge is 0.497 e. The van der Waals surface area contributed by atoms with E-state index in [4.69, 9.17) is 16.3 Å². The van der Waals surface area contributed by atoms with Crippen molar-refractivity contribution in [3.63, 3.8) is 0 Å². The molecule has 0 aliphatic carbocycles. The van der Waals surface area contributed by atoms with Crippen LogP contribution in [0.1, 0.15) is 37.8 Å². The molecule has 23 heavy (non-hydrogen) atoms. The summed E-state index contributed by atoms with van der Waals surface area (Å²) in [5.74, 6) is 0.843. The summed E-state index contributed by atoms with van der Waals surface area (Å²) in [6, 6.07) is 10.5. The number of hydrogen-bond acceptors (Lipinski definition) is 3. The Balaban J connectivity index is 1.88. The van der Waals surface area contributed by atoms with Crippen LogP contribution < -0.4 is 4.74 Å². The zero-order valence-corrected chi connectivity index (χ0v) is 14.5. The summed E-state index contributed by atoms with van der Waals surface area (Å²) in [7, 11) is 1.67. The van der Waals surface area contributed by atoms with Gasteiger partial charge in [-0.2, -0.15) is 0 Å². The van der Waals surface area contributed by atoms with E-state index in [0.717, 1.165) is 16.9 Å². The van der Waals surface area contributed by atoms with E-state index in [9.17, 15) is 0 Å². The summed E-state index contributed by atoms with van der Waals surface area (Å²) in [6.45, 7) is 4.59.